The summed E-state index contributed by atoms with van der Waals surface area (Å²) >= 11 is -0.433. The first-order valence-corrected chi connectivity index (χ1v) is 13.6. The number of hydrogen-bond acceptors (Lipinski definition) is 9. The Balaban J connectivity index is 1.94. The molecule has 3 heterocycles. The minimum atomic E-state index is -1.42. The third-order valence-corrected chi connectivity index (χ3v) is 7.33. The molecule has 0 bridgehead atoms. The van der Waals surface area contributed by atoms with Crippen molar-refractivity contribution in [2.24, 2.45) is 4.99 Å². The van der Waals surface area contributed by atoms with Gasteiger partial charge in [0, 0.05) is 31.9 Å². The van der Waals surface area contributed by atoms with Crippen LogP contribution in [0.15, 0.2) is 52.6 Å². The van der Waals surface area contributed by atoms with Crippen LogP contribution < -0.4 is 5.32 Å². The Morgan fingerprint density at radius 1 is 1.29 bits per heavy atom. The maximum atomic E-state index is 15.6. The zero-order valence-electron chi connectivity index (χ0n) is 20.4. The van der Waals surface area contributed by atoms with Crippen LogP contribution in [0.2, 0.25) is 0 Å². The van der Waals surface area contributed by atoms with Gasteiger partial charge in [-0.25, -0.2) is 18.8 Å². The van der Waals surface area contributed by atoms with Crippen LogP contribution in [0.5, 0.6) is 5.75 Å². The Morgan fingerprint density at radius 2 is 2.11 bits per heavy atom. The minimum Gasteiger partial charge on any atom is -0.612 e. The van der Waals surface area contributed by atoms with E-state index in [2.05, 4.69) is 20.3 Å². The molecular weight excluding hydrogens is 538 g/mol. The largest absolute Gasteiger partial charge is 0.612 e. The molecule has 3 aromatic rings. The SMILES string of the molecule is CN1CCOSN(/C(=N/c2cnccc2[S+](C)[O-])c2cc(F)c(-c3c(O)cccc3F)nc2NC=O)CC1. The van der Waals surface area contributed by atoms with E-state index in [1.165, 1.54) is 30.8 Å². The lowest BCUT2D eigenvalue weighted by Gasteiger charge is -2.30. The lowest BCUT2D eigenvalue weighted by molar-refractivity contribution is -0.105. The predicted octanol–water partition coefficient (Wildman–Crippen LogP) is 3.34. The molecule has 1 unspecified atom stereocenters. The van der Waals surface area contributed by atoms with Crippen LogP contribution in [-0.2, 0) is 20.2 Å². The van der Waals surface area contributed by atoms with Gasteiger partial charge in [-0.3, -0.25) is 18.3 Å². The van der Waals surface area contributed by atoms with Crippen molar-refractivity contribution in [1.82, 2.24) is 19.2 Å². The van der Waals surface area contributed by atoms with E-state index in [1.807, 2.05) is 11.9 Å². The van der Waals surface area contributed by atoms with Crippen molar-refractivity contribution in [1.29, 1.82) is 0 Å². The molecule has 1 saturated heterocycles. The van der Waals surface area contributed by atoms with Gasteiger partial charge >= 0.3 is 0 Å². The van der Waals surface area contributed by atoms with Crippen molar-refractivity contribution in [2.75, 3.05) is 44.9 Å². The highest BCUT2D eigenvalue weighted by molar-refractivity contribution is 7.92. The topological polar surface area (TPSA) is 126 Å². The van der Waals surface area contributed by atoms with E-state index in [1.54, 1.807) is 10.4 Å². The van der Waals surface area contributed by atoms with E-state index in [0.29, 0.717) is 37.5 Å². The second-order valence-corrected chi connectivity index (χ2v) is 10.3. The van der Waals surface area contributed by atoms with Gasteiger partial charge in [0.1, 0.15) is 47.3 Å². The molecule has 1 aliphatic rings. The highest BCUT2D eigenvalue weighted by Crippen LogP contribution is 2.35. The molecule has 2 aromatic heterocycles. The number of phenols is 1. The van der Waals surface area contributed by atoms with E-state index in [9.17, 15) is 18.8 Å². The van der Waals surface area contributed by atoms with E-state index >= 15 is 4.39 Å². The molecule has 200 valence electrons. The maximum Gasteiger partial charge on any atom is 0.212 e. The molecule has 1 aromatic carbocycles. The van der Waals surface area contributed by atoms with E-state index in [0.717, 1.165) is 24.4 Å². The molecule has 1 aliphatic heterocycles. The van der Waals surface area contributed by atoms with Gasteiger partial charge in [-0.1, -0.05) is 6.07 Å². The van der Waals surface area contributed by atoms with Crippen LogP contribution in [-0.4, -0.2) is 80.6 Å². The summed E-state index contributed by atoms with van der Waals surface area (Å²) in [6, 6.07) is 6.14. The number of rotatable bonds is 6. The molecule has 10 nitrogen and oxygen atoms in total. The predicted molar refractivity (Wildman–Crippen MR) is 141 cm³/mol. The first-order valence-electron chi connectivity index (χ1n) is 11.3. The van der Waals surface area contributed by atoms with Crippen molar-refractivity contribution in [2.45, 2.75) is 4.90 Å². The van der Waals surface area contributed by atoms with Gasteiger partial charge in [-0.2, -0.15) is 0 Å². The molecule has 0 saturated carbocycles. The summed E-state index contributed by atoms with van der Waals surface area (Å²) < 4.78 is 49.8. The van der Waals surface area contributed by atoms with Gasteiger partial charge in [0.25, 0.3) is 0 Å². The number of amidine groups is 1. The average Bonchev–Trinajstić information content (AvgIpc) is 2.87. The summed E-state index contributed by atoms with van der Waals surface area (Å²) in [5, 5.41) is 12.6. The van der Waals surface area contributed by atoms with Gasteiger partial charge < -0.3 is 19.9 Å². The van der Waals surface area contributed by atoms with Crippen LogP contribution in [0.4, 0.5) is 20.3 Å². The molecule has 2 N–H and O–H groups in total. The molecule has 0 radical (unpaired) electrons. The summed E-state index contributed by atoms with van der Waals surface area (Å²) in [6.07, 6.45) is 4.73. The van der Waals surface area contributed by atoms with Crippen molar-refractivity contribution < 1.29 is 27.4 Å². The quantitative estimate of drug-likeness (QED) is 0.116. The fraction of sp³-hybridized carbons (Fsp3) is 0.250. The highest BCUT2D eigenvalue weighted by Gasteiger charge is 2.27. The number of nitrogens with one attached hydrogen (secondary N) is 1. The van der Waals surface area contributed by atoms with Gasteiger partial charge in [-0.05, 0) is 36.4 Å². The van der Waals surface area contributed by atoms with Crippen molar-refractivity contribution in [3.8, 4) is 17.0 Å². The number of carbonyl (C=O) groups is 1. The van der Waals surface area contributed by atoms with E-state index in [4.69, 9.17) is 4.18 Å². The smallest absolute Gasteiger partial charge is 0.212 e. The first-order chi connectivity index (χ1) is 18.3. The number of aliphatic imine (C=N–C) groups is 1. The van der Waals surface area contributed by atoms with Crippen molar-refractivity contribution in [3.05, 3.63) is 59.9 Å². The van der Waals surface area contributed by atoms with Gasteiger partial charge in [0.15, 0.2) is 16.5 Å². The Labute approximate surface area is 225 Å². The second kappa shape index (κ2) is 12.5. The molecule has 4 rings (SSSR count). The summed E-state index contributed by atoms with van der Waals surface area (Å²) in [6.45, 7) is 2.08. The van der Waals surface area contributed by atoms with E-state index in [-0.39, 0.29) is 22.9 Å². The molecule has 0 aliphatic carbocycles. The Kier molecular flexibility index (Phi) is 9.12. The number of phenolic OH excluding ortho intramolecular Hbond substituents is 1. The number of likely N-dealkylation sites (N-methyl/N-ethyl adjacent to an activating group) is 1. The Morgan fingerprint density at radius 3 is 2.84 bits per heavy atom. The van der Waals surface area contributed by atoms with Crippen LogP contribution in [0.25, 0.3) is 11.3 Å². The van der Waals surface area contributed by atoms with Crippen LogP contribution in [0, 0.1) is 11.6 Å². The lowest BCUT2D eigenvalue weighted by Crippen LogP contribution is -2.38. The zero-order chi connectivity index (χ0) is 27.2. The monoisotopic (exact) mass is 562 g/mol. The molecule has 0 spiro atoms. The van der Waals surface area contributed by atoms with Gasteiger partial charge in [0.2, 0.25) is 6.41 Å². The highest BCUT2D eigenvalue weighted by atomic mass is 32.2. The summed E-state index contributed by atoms with van der Waals surface area (Å²) in [5.74, 6) is -2.39. The third kappa shape index (κ3) is 6.22. The molecule has 1 amide bonds. The average molecular weight is 563 g/mol. The van der Waals surface area contributed by atoms with Crippen molar-refractivity contribution >= 4 is 47.2 Å². The normalized spacial score (nSPS) is 16.0. The van der Waals surface area contributed by atoms with Crippen molar-refractivity contribution in [3.63, 3.8) is 0 Å². The number of anilines is 1. The van der Waals surface area contributed by atoms with Crippen LogP contribution in [0.1, 0.15) is 5.56 Å². The standard InChI is InChI=1S/C24H24F2N6O4S2/c1-31-8-9-32(37-36-11-10-31)24(29-18-13-27-7-6-20(18)38(2)35)15-12-17(26)22(30-23(15)28-14-33)21-16(25)4-3-5-19(21)34/h3-7,12-14,34H,8-11H2,1-2H3,(H,28,30,33)/b29-24+. The molecule has 38 heavy (non-hydrogen) atoms. The molecule has 14 heteroatoms. The molecule has 1 fully saturated rings. The first kappa shape index (κ1) is 27.7. The molecular formula is C24H24F2N6O4S2. The number of hydrogen-bond donors (Lipinski definition) is 2. The summed E-state index contributed by atoms with van der Waals surface area (Å²) in [4.78, 5) is 26.9. The number of nitrogens with zero attached hydrogens (tertiary/aromatic N) is 5. The number of benzene rings is 1. The van der Waals surface area contributed by atoms with Gasteiger partial charge in [-0.15, -0.1) is 0 Å². The van der Waals surface area contributed by atoms with Crippen LogP contribution in [0.3, 0.4) is 0 Å². The fourth-order valence-corrected chi connectivity index (χ4v) is 4.95. The number of aromatic hydroxyl groups is 1. The fourth-order valence-electron chi connectivity index (χ4n) is 3.66. The Hall–Kier alpha value is -3.30. The molecule has 1 atom stereocenters. The maximum absolute atomic E-state index is 15.6. The second-order valence-electron chi connectivity index (χ2n) is 8.15. The lowest BCUT2D eigenvalue weighted by atomic mass is 10.1. The number of pyridine rings is 2. The number of halogens is 2. The van der Waals surface area contributed by atoms with Gasteiger partial charge in [0.05, 0.1) is 23.9 Å². The number of aromatic nitrogens is 2. The minimum absolute atomic E-state index is 0.0465. The van der Waals surface area contributed by atoms with E-state index < -0.39 is 39.8 Å². The number of carbonyl (C=O) groups excluding carboxylic acids is 1. The van der Waals surface area contributed by atoms with Crippen LogP contribution >= 0.6 is 12.2 Å². The summed E-state index contributed by atoms with van der Waals surface area (Å²) in [7, 11) is 1.92. The Bertz CT molecular complexity index is 1330. The zero-order valence-corrected chi connectivity index (χ0v) is 22.1. The number of amides is 1. The summed E-state index contributed by atoms with van der Waals surface area (Å²) in [5.41, 5.74) is -0.649. The third-order valence-electron chi connectivity index (χ3n) is 5.56.